The normalized spacial score (nSPS) is 10.2. The number of halogens is 1. The molecule has 110 valence electrons. The Bertz CT molecular complexity index is 810. The largest absolute Gasteiger partial charge is 0.332 e. The van der Waals surface area contributed by atoms with E-state index in [1.54, 1.807) is 18.2 Å². The second kappa shape index (κ2) is 5.84. The highest BCUT2D eigenvalue weighted by Gasteiger charge is 2.08. The van der Waals surface area contributed by atoms with Gasteiger partial charge in [0.05, 0.1) is 0 Å². The molecular weight excluding hydrogens is 296 g/mol. The van der Waals surface area contributed by atoms with Gasteiger partial charge in [-0.05, 0) is 18.2 Å². The number of amides is 1. The van der Waals surface area contributed by atoms with Crippen LogP contribution in [-0.2, 0) is 14.1 Å². The third kappa shape index (κ3) is 3.14. The quantitative estimate of drug-likeness (QED) is 0.808. The highest BCUT2D eigenvalue weighted by molar-refractivity contribution is 6.30. The second-order valence-corrected chi connectivity index (χ2v) is 4.79. The first kappa shape index (κ1) is 14.9. The maximum absolute atomic E-state index is 11.9. The Balaban J connectivity index is 2.19. The van der Waals surface area contributed by atoms with Crippen molar-refractivity contribution in [3.05, 3.63) is 61.8 Å². The molecule has 8 heteroatoms. The monoisotopic (exact) mass is 308 g/mol. The van der Waals surface area contributed by atoms with Crippen molar-refractivity contribution in [2.45, 2.75) is 0 Å². The SMILES string of the molecule is Cn1c(NNC(=O)c2cccc(Cl)c2)cc(=O)n(C)c1=O. The van der Waals surface area contributed by atoms with Gasteiger partial charge >= 0.3 is 5.69 Å². The van der Waals surface area contributed by atoms with Crippen molar-refractivity contribution in [3.63, 3.8) is 0 Å². The van der Waals surface area contributed by atoms with Crippen molar-refractivity contribution >= 4 is 23.3 Å². The summed E-state index contributed by atoms with van der Waals surface area (Å²) >= 11 is 5.80. The van der Waals surface area contributed by atoms with Gasteiger partial charge in [0.2, 0.25) is 0 Å². The van der Waals surface area contributed by atoms with E-state index in [0.29, 0.717) is 10.6 Å². The van der Waals surface area contributed by atoms with Crippen molar-refractivity contribution in [1.82, 2.24) is 14.6 Å². The number of rotatable bonds is 3. The molecule has 0 aliphatic rings. The molecule has 0 aliphatic carbocycles. The van der Waals surface area contributed by atoms with Crippen LogP contribution in [0.1, 0.15) is 10.4 Å². The molecule has 0 spiro atoms. The minimum absolute atomic E-state index is 0.179. The minimum Gasteiger partial charge on any atom is -0.283 e. The molecule has 0 aliphatic heterocycles. The second-order valence-electron chi connectivity index (χ2n) is 4.36. The van der Waals surface area contributed by atoms with Crippen LogP contribution in [0, 0.1) is 0 Å². The van der Waals surface area contributed by atoms with E-state index >= 15 is 0 Å². The van der Waals surface area contributed by atoms with E-state index < -0.39 is 17.2 Å². The Morgan fingerprint density at radius 3 is 2.52 bits per heavy atom. The maximum atomic E-state index is 11.9. The molecule has 1 heterocycles. The van der Waals surface area contributed by atoms with E-state index in [1.165, 1.54) is 30.8 Å². The Kier molecular flexibility index (Phi) is 4.13. The predicted octanol–water partition coefficient (Wildman–Crippen LogP) is 0.494. The van der Waals surface area contributed by atoms with E-state index in [0.717, 1.165) is 4.57 Å². The van der Waals surface area contributed by atoms with Gasteiger partial charge in [-0.1, -0.05) is 17.7 Å². The number of hydrogen-bond acceptors (Lipinski definition) is 4. The summed E-state index contributed by atoms with van der Waals surface area (Å²) in [7, 11) is 2.86. The Morgan fingerprint density at radius 2 is 1.86 bits per heavy atom. The molecule has 0 radical (unpaired) electrons. The molecule has 2 aromatic rings. The summed E-state index contributed by atoms with van der Waals surface area (Å²) in [6, 6.07) is 7.59. The summed E-state index contributed by atoms with van der Waals surface area (Å²) in [6.45, 7) is 0. The molecule has 0 unspecified atom stereocenters. The van der Waals surface area contributed by atoms with Gasteiger partial charge in [-0.15, -0.1) is 0 Å². The van der Waals surface area contributed by atoms with Crippen LogP contribution in [0.25, 0.3) is 0 Å². The average molecular weight is 309 g/mol. The molecule has 2 N–H and O–H groups in total. The number of benzene rings is 1. The molecule has 2 rings (SSSR count). The highest BCUT2D eigenvalue weighted by atomic mass is 35.5. The maximum Gasteiger partial charge on any atom is 0.332 e. The van der Waals surface area contributed by atoms with Crippen LogP contribution >= 0.6 is 11.6 Å². The first-order valence-electron chi connectivity index (χ1n) is 5.99. The van der Waals surface area contributed by atoms with Gasteiger partial charge in [-0.2, -0.15) is 0 Å². The van der Waals surface area contributed by atoms with Crippen LogP contribution in [0.2, 0.25) is 5.02 Å². The molecule has 0 bridgehead atoms. The number of hydrogen-bond donors (Lipinski definition) is 2. The molecule has 0 saturated carbocycles. The number of aromatic nitrogens is 2. The van der Waals surface area contributed by atoms with Gasteiger partial charge in [0.1, 0.15) is 5.82 Å². The molecular formula is C13H13ClN4O3. The van der Waals surface area contributed by atoms with Gasteiger partial charge in [-0.25, -0.2) is 4.79 Å². The minimum atomic E-state index is -0.498. The lowest BCUT2D eigenvalue weighted by Gasteiger charge is -2.12. The standard InChI is InChI=1S/C13H13ClN4O3/c1-17-10(7-11(19)18(2)13(17)21)15-16-12(20)8-4-3-5-9(14)6-8/h3-7,15H,1-2H3,(H,16,20). The molecule has 1 amide bonds. The number of anilines is 1. The predicted molar refractivity (Wildman–Crippen MR) is 79.5 cm³/mol. The number of carbonyl (C=O) groups is 1. The molecule has 21 heavy (non-hydrogen) atoms. The summed E-state index contributed by atoms with van der Waals surface area (Å²) in [6.07, 6.45) is 0. The lowest BCUT2D eigenvalue weighted by Crippen LogP contribution is -2.40. The van der Waals surface area contributed by atoms with Gasteiger partial charge in [-0.3, -0.25) is 29.6 Å². The van der Waals surface area contributed by atoms with Crippen LogP contribution < -0.4 is 22.1 Å². The fraction of sp³-hybridized carbons (Fsp3) is 0.154. The molecule has 0 saturated heterocycles. The van der Waals surface area contributed by atoms with Crippen LogP contribution in [-0.4, -0.2) is 15.0 Å². The van der Waals surface area contributed by atoms with E-state index in [-0.39, 0.29) is 5.82 Å². The summed E-state index contributed by atoms with van der Waals surface area (Å²) in [5.41, 5.74) is 4.33. The number of nitrogens with one attached hydrogen (secondary N) is 2. The molecule has 0 fully saturated rings. The van der Waals surface area contributed by atoms with Crippen molar-refractivity contribution in [2.24, 2.45) is 14.1 Å². The molecule has 1 aromatic heterocycles. The number of nitrogens with zero attached hydrogens (tertiary/aromatic N) is 2. The van der Waals surface area contributed by atoms with Gasteiger partial charge < -0.3 is 0 Å². The topological polar surface area (TPSA) is 85.1 Å². The highest BCUT2D eigenvalue weighted by Crippen LogP contribution is 2.10. The van der Waals surface area contributed by atoms with Crippen molar-refractivity contribution < 1.29 is 4.79 Å². The summed E-state index contributed by atoms with van der Waals surface area (Å²) in [5, 5.41) is 0.434. The first-order valence-corrected chi connectivity index (χ1v) is 6.37. The van der Waals surface area contributed by atoms with Crippen LogP contribution in [0.3, 0.4) is 0 Å². The Hall–Kier alpha value is -2.54. The van der Waals surface area contributed by atoms with E-state index in [4.69, 9.17) is 11.6 Å². The van der Waals surface area contributed by atoms with Crippen LogP contribution in [0.5, 0.6) is 0 Å². The van der Waals surface area contributed by atoms with Gasteiger partial charge in [0, 0.05) is 30.7 Å². The van der Waals surface area contributed by atoms with E-state index in [1.807, 2.05) is 0 Å². The summed E-state index contributed by atoms with van der Waals surface area (Å²) < 4.78 is 2.17. The van der Waals surface area contributed by atoms with Gasteiger partial charge in [0.15, 0.2) is 0 Å². The van der Waals surface area contributed by atoms with Crippen LogP contribution in [0.4, 0.5) is 5.82 Å². The van der Waals surface area contributed by atoms with Crippen molar-refractivity contribution in [2.75, 3.05) is 5.43 Å². The number of hydrazine groups is 1. The lowest BCUT2D eigenvalue weighted by molar-refractivity contribution is 0.0962. The van der Waals surface area contributed by atoms with Crippen molar-refractivity contribution in [3.8, 4) is 0 Å². The van der Waals surface area contributed by atoms with E-state index in [9.17, 15) is 14.4 Å². The Labute approximate surface area is 124 Å². The van der Waals surface area contributed by atoms with Gasteiger partial charge in [0.25, 0.3) is 11.5 Å². The van der Waals surface area contributed by atoms with Crippen LogP contribution in [0.15, 0.2) is 39.9 Å². The fourth-order valence-corrected chi connectivity index (χ4v) is 1.87. The smallest absolute Gasteiger partial charge is 0.283 e. The van der Waals surface area contributed by atoms with E-state index in [2.05, 4.69) is 10.9 Å². The summed E-state index contributed by atoms with van der Waals surface area (Å²) in [5.74, 6) is -0.260. The first-order chi connectivity index (χ1) is 9.90. The fourth-order valence-electron chi connectivity index (χ4n) is 1.68. The number of carbonyl (C=O) groups excluding carboxylic acids is 1. The lowest BCUT2D eigenvalue weighted by atomic mass is 10.2. The zero-order chi connectivity index (χ0) is 15.6. The third-order valence-electron chi connectivity index (χ3n) is 2.92. The molecule has 1 aromatic carbocycles. The zero-order valence-electron chi connectivity index (χ0n) is 11.4. The Morgan fingerprint density at radius 1 is 1.14 bits per heavy atom. The average Bonchev–Trinajstić information content (AvgIpc) is 2.47. The third-order valence-corrected chi connectivity index (χ3v) is 3.15. The van der Waals surface area contributed by atoms with Crippen molar-refractivity contribution in [1.29, 1.82) is 0 Å². The molecule has 7 nitrogen and oxygen atoms in total. The summed E-state index contributed by atoms with van der Waals surface area (Å²) in [4.78, 5) is 35.2. The molecule has 0 atom stereocenters. The zero-order valence-corrected chi connectivity index (χ0v) is 12.1.